The molecule has 1 heterocycles. The Kier molecular flexibility index (Phi) is 3.81. The van der Waals surface area contributed by atoms with Crippen molar-refractivity contribution in [2.75, 3.05) is 11.9 Å². The molecule has 0 saturated carbocycles. The molecule has 1 aliphatic heterocycles. The van der Waals surface area contributed by atoms with Crippen LogP contribution < -0.4 is 10.6 Å². The van der Waals surface area contributed by atoms with Gasteiger partial charge in [0.15, 0.2) is 0 Å². The smallest absolute Gasteiger partial charge is 0.242 e. The van der Waals surface area contributed by atoms with E-state index in [1.54, 1.807) is 0 Å². The number of carbonyl (C=O) groups is 1. The van der Waals surface area contributed by atoms with Crippen LogP contribution in [-0.4, -0.2) is 18.5 Å². The number of carbonyl (C=O) groups excluding carboxylic acids is 1. The van der Waals surface area contributed by atoms with Crippen molar-refractivity contribution in [2.45, 2.75) is 25.3 Å². The number of allylic oxidation sites excluding steroid dienone is 1. The fraction of sp³-hybridized carbons (Fsp3) is 0.357. The number of fused-ring (bicyclic) bond motifs is 1. The van der Waals surface area contributed by atoms with E-state index in [2.05, 4.69) is 23.3 Å². The van der Waals surface area contributed by atoms with E-state index in [1.807, 2.05) is 24.3 Å². The number of para-hydroxylation sites is 1. The monoisotopic (exact) mass is 230 g/mol. The van der Waals surface area contributed by atoms with Crippen LogP contribution in [0.2, 0.25) is 0 Å². The number of rotatable bonds is 5. The molecule has 2 N–H and O–H groups in total. The molecule has 1 aliphatic rings. The fourth-order valence-corrected chi connectivity index (χ4v) is 2.04. The van der Waals surface area contributed by atoms with Crippen molar-refractivity contribution in [1.29, 1.82) is 0 Å². The van der Waals surface area contributed by atoms with Gasteiger partial charge in [0, 0.05) is 18.7 Å². The molecule has 3 heteroatoms. The first-order chi connectivity index (χ1) is 8.31. The molecule has 90 valence electrons. The van der Waals surface area contributed by atoms with E-state index in [9.17, 15) is 4.79 Å². The van der Waals surface area contributed by atoms with Crippen LogP contribution in [0.4, 0.5) is 5.69 Å². The maximum absolute atomic E-state index is 11.9. The Balaban J connectivity index is 1.82. The van der Waals surface area contributed by atoms with E-state index in [0.29, 0.717) is 0 Å². The van der Waals surface area contributed by atoms with E-state index in [-0.39, 0.29) is 11.9 Å². The van der Waals surface area contributed by atoms with Crippen LogP contribution in [0.15, 0.2) is 36.9 Å². The zero-order valence-electron chi connectivity index (χ0n) is 9.91. The lowest BCUT2D eigenvalue weighted by Gasteiger charge is -2.11. The molecule has 0 aromatic heterocycles. The minimum absolute atomic E-state index is 0.0882. The number of hydrogen-bond donors (Lipinski definition) is 2. The molecule has 0 spiro atoms. The van der Waals surface area contributed by atoms with Gasteiger partial charge in [0.05, 0.1) is 0 Å². The number of nitrogens with one attached hydrogen (secondary N) is 2. The van der Waals surface area contributed by atoms with E-state index in [1.165, 1.54) is 5.56 Å². The summed E-state index contributed by atoms with van der Waals surface area (Å²) in [6.07, 6.45) is 4.55. The number of benzene rings is 1. The third-order valence-electron chi connectivity index (χ3n) is 2.97. The molecule has 1 aromatic rings. The highest BCUT2D eigenvalue weighted by atomic mass is 16.2. The summed E-state index contributed by atoms with van der Waals surface area (Å²) in [7, 11) is 0. The Bertz CT molecular complexity index is 389. The summed E-state index contributed by atoms with van der Waals surface area (Å²) in [6.45, 7) is 4.38. The van der Waals surface area contributed by atoms with Crippen LogP contribution in [0.25, 0.3) is 0 Å². The normalized spacial score (nSPS) is 17.1. The van der Waals surface area contributed by atoms with Gasteiger partial charge in [-0.2, -0.15) is 0 Å². The van der Waals surface area contributed by atoms with Crippen LogP contribution >= 0.6 is 0 Å². The zero-order chi connectivity index (χ0) is 12.1. The van der Waals surface area contributed by atoms with Crippen LogP contribution in [0, 0.1) is 0 Å². The van der Waals surface area contributed by atoms with Gasteiger partial charge in [-0.15, -0.1) is 6.58 Å². The van der Waals surface area contributed by atoms with Gasteiger partial charge in [-0.05, 0) is 24.5 Å². The van der Waals surface area contributed by atoms with Gasteiger partial charge in [-0.3, -0.25) is 4.79 Å². The molecule has 0 bridgehead atoms. The Labute approximate surface area is 102 Å². The molecule has 0 saturated heterocycles. The highest BCUT2D eigenvalue weighted by Gasteiger charge is 2.25. The van der Waals surface area contributed by atoms with E-state index in [4.69, 9.17) is 0 Å². The molecule has 1 unspecified atom stereocenters. The first-order valence-electron chi connectivity index (χ1n) is 6.04. The van der Waals surface area contributed by atoms with Gasteiger partial charge >= 0.3 is 0 Å². The van der Waals surface area contributed by atoms with Crippen LogP contribution in [-0.2, 0) is 11.2 Å². The SMILES string of the molecule is C=CCCCNC(=O)C1Cc2ccccc2N1. The average molecular weight is 230 g/mol. The van der Waals surface area contributed by atoms with Crippen LogP contribution in [0.3, 0.4) is 0 Å². The molecular weight excluding hydrogens is 212 g/mol. The first kappa shape index (κ1) is 11.7. The standard InChI is InChI=1S/C14H18N2O/c1-2-3-6-9-15-14(17)13-10-11-7-4-5-8-12(11)16-13/h2,4-5,7-8,13,16H,1,3,6,9-10H2,(H,15,17). The molecule has 3 nitrogen and oxygen atoms in total. The lowest BCUT2D eigenvalue weighted by Crippen LogP contribution is -2.38. The molecule has 1 amide bonds. The zero-order valence-corrected chi connectivity index (χ0v) is 9.91. The van der Waals surface area contributed by atoms with Gasteiger partial charge in [0.2, 0.25) is 5.91 Å². The Morgan fingerprint density at radius 1 is 1.53 bits per heavy atom. The average Bonchev–Trinajstić information content (AvgIpc) is 2.78. The maximum Gasteiger partial charge on any atom is 0.242 e. The largest absolute Gasteiger partial charge is 0.373 e. The summed E-state index contributed by atoms with van der Waals surface area (Å²) >= 11 is 0. The maximum atomic E-state index is 11.9. The van der Waals surface area contributed by atoms with Gasteiger partial charge < -0.3 is 10.6 Å². The second-order valence-corrected chi connectivity index (χ2v) is 4.28. The van der Waals surface area contributed by atoms with Crippen LogP contribution in [0.1, 0.15) is 18.4 Å². The molecule has 1 aromatic carbocycles. The summed E-state index contributed by atoms with van der Waals surface area (Å²) in [5.74, 6) is 0.0882. The summed E-state index contributed by atoms with van der Waals surface area (Å²) in [5.41, 5.74) is 2.30. The summed E-state index contributed by atoms with van der Waals surface area (Å²) in [6, 6.07) is 7.95. The van der Waals surface area contributed by atoms with E-state index < -0.39 is 0 Å². The lowest BCUT2D eigenvalue weighted by molar-refractivity contribution is -0.121. The predicted octanol–water partition coefficient (Wildman–Crippen LogP) is 2.11. The molecule has 2 rings (SSSR count). The molecule has 0 fully saturated rings. The topological polar surface area (TPSA) is 41.1 Å². The molecule has 0 radical (unpaired) electrons. The Morgan fingerprint density at radius 2 is 2.35 bits per heavy atom. The second-order valence-electron chi connectivity index (χ2n) is 4.28. The highest BCUT2D eigenvalue weighted by Crippen LogP contribution is 2.24. The van der Waals surface area contributed by atoms with Crippen molar-refractivity contribution in [1.82, 2.24) is 5.32 Å². The Morgan fingerprint density at radius 3 is 3.12 bits per heavy atom. The molecule has 17 heavy (non-hydrogen) atoms. The number of anilines is 1. The third-order valence-corrected chi connectivity index (χ3v) is 2.97. The number of amides is 1. The first-order valence-corrected chi connectivity index (χ1v) is 6.04. The van der Waals surface area contributed by atoms with Crippen molar-refractivity contribution in [3.63, 3.8) is 0 Å². The van der Waals surface area contributed by atoms with Gasteiger partial charge in [-0.25, -0.2) is 0 Å². The van der Waals surface area contributed by atoms with Gasteiger partial charge in [0.1, 0.15) is 6.04 Å². The van der Waals surface area contributed by atoms with Gasteiger partial charge in [-0.1, -0.05) is 24.3 Å². The number of unbranched alkanes of at least 4 members (excludes halogenated alkanes) is 1. The minimum atomic E-state index is -0.115. The molecular formula is C14H18N2O. The highest BCUT2D eigenvalue weighted by molar-refractivity contribution is 5.87. The summed E-state index contributed by atoms with van der Waals surface area (Å²) in [4.78, 5) is 11.9. The summed E-state index contributed by atoms with van der Waals surface area (Å²) in [5, 5.41) is 6.19. The van der Waals surface area contributed by atoms with Crippen molar-refractivity contribution >= 4 is 11.6 Å². The van der Waals surface area contributed by atoms with Crippen molar-refractivity contribution in [2.24, 2.45) is 0 Å². The molecule has 0 aliphatic carbocycles. The second kappa shape index (κ2) is 5.53. The minimum Gasteiger partial charge on any atom is -0.373 e. The third kappa shape index (κ3) is 2.87. The van der Waals surface area contributed by atoms with E-state index >= 15 is 0 Å². The number of hydrogen-bond acceptors (Lipinski definition) is 2. The van der Waals surface area contributed by atoms with Gasteiger partial charge in [0.25, 0.3) is 0 Å². The lowest BCUT2D eigenvalue weighted by atomic mass is 10.1. The van der Waals surface area contributed by atoms with Crippen LogP contribution in [0.5, 0.6) is 0 Å². The predicted molar refractivity (Wildman–Crippen MR) is 70.0 cm³/mol. The molecule has 1 atom stereocenters. The van der Waals surface area contributed by atoms with Crippen molar-refractivity contribution in [3.8, 4) is 0 Å². The summed E-state index contributed by atoms with van der Waals surface area (Å²) < 4.78 is 0. The van der Waals surface area contributed by atoms with Crippen molar-refractivity contribution < 1.29 is 4.79 Å². The van der Waals surface area contributed by atoms with Crippen molar-refractivity contribution in [3.05, 3.63) is 42.5 Å². The van der Waals surface area contributed by atoms with E-state index in [0.717, 1.165) is 31.5 Å². The quantitative estimate of drug-likeness (QED) is 0.601. The Hall–Kier alpha value is -1.77. The fourth-order valence-electron chi connectivity index (χ4n) is 2.04.